The molecule has 0 atom stereocenters. The molecule has 0 amide bonds. The van der Waals surface area contributed by atoms with E-state index < -0.39 is 0 Å². The zero-order chi connectivity index (χ0) is 12.3. The van der Waals surface area contributed by atoms with Crippen LogP contribution < -0.4 is 10.5 Å². The van der Waals surface area contributed by atoms with Gasteiger partial charge < -0.3 is 15.6 Å². The molecule has 0 aliphatic carbocycles. The van der Waals surface area contributed by atoms with E-state index in [2.05, 4.69) is 19.9 Å². The summed E-state index contributed by atoms with van der Waals surface area (Å²) in [6.07, 6.45) is 2.13. The molecule has 7 heteroatoms. The van der Waals surface area contributed by atoms with Gasteiger partial charge in [0, 0.05) is 19.2 Å². The highest BCUT2D eigenvalue weighted by Gasteiger charge is 2.10. The van der Waals surface area contributed by atoms with E-state index in [4.69, 9.17) is 15.6 Å². The van der Waals surface area contributed by atoms with Gasteiger partial charge in [0.15, 0.2) is 11.2 Å². The third-order valence-electron chi connectivity index (χ3n) is 2.05. The van der Waals surface area contributed by atoms with E-state index in [1.807, 2.05) is 6.92 Å². The lowest BCUT2D eigenvalue weighted by Gasteiger charge is -2.07. The molecule has 90 valence electrons. The minimum Gasteiger partial charge on any atom is -0.476 e. The standard InChI is InChI=1S/C10H13N5O2/c1-6-5-12-7-8(13-6)14-10(11)15-9(7)17-4-2-3-16/h5,16H,2-4H2,1H3,(H2,11,13,14,15). The van der Waals surface area contributed by atoms with E-state index in [9.17, 15) is 0 Å². The van der Waals surface area contributed by atoms with Crippen molar-refractivity contribution in [3.8, 4) is 5.88 Å². The van der Waals surface area contributed by atoms with Crippen molar-refractivity contribution < 1.29 is 9.84 Å². The summed E-state index contributed by atoms with van der Waals surface area (Å²) < 4.78 is 5.39. The SMILES string of the molecule is Cc1cnc2c(OCCCO)nc(N)nc2n1. The Bertz CT molecular complexity index is 526. The van der Waals surface area contributed by atoms with Crippen LogP contribution in [0.5, 0.6) is 5.88 Å². The van der Waals surface area contributed by atoms with E-state index >= 15 is 0 Å². The van der Waals surface area contributed by atoms with E-state index in [1.165, 1.54) is 0 Å². The molecule has 0 bridgehead atoms. The molecule has 17 heavy (non-hydrogen) atoms. The van der Waals surface area contributed by atoms with Crippen LogP contribution in [0.4, 0.5) is 5.95 Å². The fraction of sp³-hybridized carbons (Fsp3) is 0.400. The first-order chi connectivity index (χ1) is 8.20. The number of fused-ring (bicyclic) bond motifs is 1. The summed E-state index contributed by atoms with van der Waals surface area (Å²) in [4.78, 5) is 16.3. The van der Waals surface area contributed by atoms with E-state index in [0.717, 1.165) is 5.69 Å². The monoisotopic (exact) mass is 235 g/mol. The number of hydrogen-bond donors (Lipinski definition) is 2. The van der Waals surface area contributed by atoms with Gasteiger partial charge in [-0.25, -0.2) is 9.97 Å². The molecule has 2 rings (SSSR count). The van der Waals surface area contributed by atoms with Gasteiger partial charge in [-0.05, 0) is 6.92 Å². The summed E-state index contributed by atoms with van der Waals surface area (Å²) in [6.45, 7) is 2.22. The number of aliphatic hydroxyl groups is 1. The van der Waals surface area contributed by atoms with Crippen molar-refractivity contribution >= 4 is 17.1 Å². The summed E-state index contributed by atoms with van der Waals surface area (Å²) in [5, 5.41) is 8.68. The molecule has 2 aromatic rings. The van der Waals surface area contributed by atoms with E-state index in [0.29, 0.717) is 30.1 Å². The third kappa shape index (κ3) is 2.56. The van der Waals surface area contributed by atoms with Crippen LogP contribution in [-0.2, 0) is 0 Å². The zero-order valence-electron chi connectivity index (χ0n) is 9.42. The molecule has 3 N–H and O–H groups in total. The maximum atomic E-state index is 8.68. The molecular formula is C10H13N5O2. The summed E-state index contributed by atoms with van der Waals surface area (Å²) in [5.41, 5.74) is 7.19. The molecule has 0 aromatic carbocycles. The van der Waals surface area contributed by atoms with Crippen molar-refractivity contribution in [2.24, 2.45) is 0 Å². The number of anilines is 1. The molecule has 0 radical (unpaired) electrons. The maximum absolute atomic E-state index is 8.68. The quantitative estimate of drug-likeness (QED) is 0.722. The molecule has 0 aliphatic rings. The smallest absolute Gasteiger partial charge is 0.247 e. The normalized spacial score (nSPS) is 10.7. The summed E-state index contributed by atoms with van der Waals surface area (Å²) in [6, 6.07) is 0. The molecule has 7 nitrogen and oxygen atoms in total. The van der Waals surface area contributed by atoms with Gasteiger partial charge in [0.05, 0.1) is 12.3 Å². The molecule has 0 saturated carbocycles. The first-order valence-corrected chi connectivity index (χ1v) is 5.21. The maximum Gasteiger partial charge on any atom is 0.247 e. The van der Waals surface area contributed by atoms with E-state index in [1.54, 1.807) is 6.20 Å². The minimum atomic E-state index is 0.0588. The van der Waals surface area contributed by atoms with E-state index in [-0.39, 0.29) is 12.6 Å². The van der Waals surface area contributed by atoms with Crippen molar-refractivity contribution in [2.75, 3.05) is 18.9 Å². The van der Waals surface area contributed by atoms with Crippen LogP contribution in [0, 0.1) is 6.92 Å². The topological polar surface area (TPSA) is 107 Å². The first kappa shape index (κ1) is 11.5. The number of nitrogens with two attached hydrogens (primary N) is 1. The zero-order valence-corrected chi connectivity index (χ0v) is 9.42. The van der Waals surface area contributed by atoms with Crippen LogP contribution in [0.15, 0.2) is 6.20 Å². The molecule has 0 fully saturated rings. The van der Waals surface area contributed by atoms with Crippen molar-refractivity contribution in [1.29, 1.82) is 0 Å². The Morgan fingerprint density at radius 1 is 1.35 bits per heavy atom. The Morgan fingerprint density at radius 3 is 2.94 bits per heavy atom. The van der Waals surface area contributed by atoms with Gasteiger partial charge in [-0.15, -0.1) is 0 Å². The van der Waals surface area contributed by atoms with Crippen LogP contribution in [0.3, 0.4) is 0 Å². The third-order valence-corrected chi connectivity index (χ3v) is 2.05. The highest BCUT2D eigenvalue weighted by Crippen LogP contribution is 2.19. The Kier molecular flexibility index (Phi) is 3.29. The summed E-state index contributed by atoms with van der Waals surface area (Å²) in [5.74, 6) is 0.393. The number of rotatable bonds is 4. The van der Waals surface area contributed by atoms with Crippen molar-refractivity contribution in [2.45, 2.75) is 13.3 Å². The fourth-order valence-corrected chi connectivity index (χ4v) is 1.32. The fourth-order valence-electron chi connectivity index (χ4n) is 1.32. The number of nitrogens with zero attached hydrogens (tertiary/aromatic N) is 4. The second-order valence-corrected chi connectivity index (χ2v) is 3.50. The first-order valence-electron chi connectivity index (χ1n) is 5.21. The molecule has 0 unspecified atom stereocenters. The number of hydrogen-bond acceptors (Lipinski definition) is 7. The van der Waals surface area contributed by atoms with Crippen LogP contribution >= 0.6 is 0 Å². The predicted octanol–water partition coefficient (Wildman–Crippen LogP) is 0.0716. The highest BCUT2D eigenvalue weighted by molar-refractivity contribution is 5.76. The van der Waals surface area contributed by atoms with Gasteiger partial charge in [-0.1, -0.05) is 0 Å². The van der Waals surface area contributed by atoms with Gasteiger partial charge in [-0.3, -0.25) is 0 Å². The minimum absolute atomic E-state index is 0.0588. The van der Waals surface area contributed by atoms with Gasteiger partial charge in [0.25, 0.3) is 0 Å². The van der Waals surface area contributed by atoms with Gasteiger partial charge in [-0.2, -0.15) is 9.97 Å². The van der Waals surface area contributed by atoms with Crippen LogP contribution in [0.25, 0.3) is 11.2 Å². The van der Waals surface area contributed by atoms with Gasteiger partial charge >= 0.3 is 0 Å². The average Bonchev–Trinajstić information content (AvgIpc) is 2.28. The average molecular weight is 235 g/mol. The van der Waals surface area contributed by atoms with Crippen LogP contribution in [-0.4, -0.2) is 38.3 Å². The van der Waals surface area contributed by atoms with Crippen LogP contribution in [0.2, 0.25) is 0 Å². The molecule has 0 aliphatic heterocycles. The van der Waals surface area contributed by atoms with Gasteiger partial charge in [0.2, 0.25) is 11.8 Å². The largest absolute Gasteiger partial charge is 0.476 e. The highest BCUT2D eigenvalue weighted by atomic mass is 16.5. The number of aromatic nitrogens is 4. The molecule has 2 heterocycles. The molecule has 0 saturated heterocycles. The molecule has 0 spiro atoms. The number of aliphatic hydroxyl groups excluding tert-OH is 1. The molecular weight excluding hydrogens is 222 g/mol. The second-order valence-electron chi connectivity index (χ2n) is 3.50. The van der Waals surface area contributed by atoms with Crippen molar-refractivity contribution in [1.82, 2.24) is 19.9 Å². The number of aryl methyl sites for hydroxylation is 1. The van der Waals surface area contributed by atoms with Gasteiger partial charge in [0.1, 0.15) is 0 Å². The summed E-state index contributed by atoms with van der Waals surface area (Å²) >= 11 is 0. The second kappa shape index (κ2) is 4.88. The lowest BCUT2D eigenvalue weighted by molar-refractivity contribution is 0.230. The Morgan fingerprint density at radius 2 is 2.18 bits per heavy atom. The Labute approximate surface area is 97.7 Å². The van der Waals surface area contributed by atoms with Crippen molar-refractivity contribution in [3.63, 3.8) is 0 Å². The molecule has 2 aromatic heterocycles. The van der Waals surface area contributed by atoms with Crippen molar-refractivity contribution in [3.05, 3.63) is 11.9 Å². The lowest BCUT2D eigenvalue weighted by atomic mass is 10.4. The Hall–Kier alpha value is -2.02. The predicted molar refractivity (Wildman–Crippen MR) is 61.5 cm³/mol. The summed E-state index contributed by atoms with van der Waals surface area (Å²) in [7, 11) is 0. The number of ether oxygens (including phenoxy) is 1. The Balaban J connectivity index is 2.39. The van der Waals surface area contributed by atoms with Crippen LogP contribution in [0.1, 0.15) is 12.1 Å². The lowest BCUT2D eigenvalue weighted by Crippen LogP contribution is -2.06. The number of nitrogen functional groups attached to an aromatic ring is 1.